The fourth-order valence-corrected chi connectivity index (χ4v) is 3.18. The van der Waals surface area contributed by atoms with Gasteiger partial charge >= 0.3 is 0 Å². The van der Waals surface area contributed by atoms with E-state index in [0.29, 0.717) is 16.8 Å². The lowest BCUT2D eigenvalue weighted by atomic mass is 9.86. The minimum absolute atomic E-state index is 0.0281. The molecule has 0 spiro atoms. The van der Waals surface area contributed by atoms with Crippen molar-refractivity contribution >= 4 is 5.91 Å². The Morgan fingerprint density at radius 1 is 1.00 bits per heavy atom. The smallest absolute Gasteiger partial charge is 0.268 e. The van der Waals surface area contributed by atoms with Gasteiger partial charge in [-0.25, -0.2) is 4.57 Å². The Morgan fingerprint density at radius 3 is 2.14 bits per heavy atom. The molecule has 0 amide bonds. The number of aromatic nitrogens is 1. The minimum Gasteiger partial charge on any atom is -0.268 e. The Balaban J connectivity index is 2.12. The number of nitriles is 1. The molecule has 1 aromatic heterocycles. The molecule has 1 heterocycles. The van der Waals surface area contributed by atoms with E-state index in [2.05, 4.69) is 20.8 Å². The van der Waals surface area contributed by atoms with Crippen molar-refractivity contribution in [2.75, 3.05) is 0 Å². The number of rotatable bonds is 2. The highest BCUT2D eigenvalue weighted by atomic mass is 16.2. The second-order valence-electron chi connectivity index (χ2n) is 7.83. The first-order valence-corrected chi connectivity index (χ1v) is 9.11. The van der Waals surface area contributed by atoms with Crippen LogP contribution in [0, 0.1) is 18.3 Å². The van der Waals surface area contributed by atoms with E-state index in [-0.39, 0.29) is 11.0 Å². The fourth-order valence-electron chi connectivity index (χ4n) is 3.18. The molecule has 4 nitrogen and oxygen atoms in total. The quantitative estimate of drug-likeness (QED) is 0.658. The molecule has 0 fully saturated rings. The first kappa shape index (κ1) is 19.3. The maximum absolute atomic E-state index is 13.0. The average molecular weight is 370 g/mol. The van der Waals surface area contributed by atoms with Crippen molar-refractivity contribution in [1.29, 1.82) is 5.26 Å². The maximum Gasteiger partial charge on any atom is 0.276 e. The summed E-state index contributed by atoms with van der Waals surface area (Å²) in [6.45, 7) is 8.00. The Labute approximate surface area is 164 Å². The summed E-state index contributed by atoms with van der Waals surface area (Å²) in [4.78, 5) is 26.0. The zero-order chi connectivity index (χ0) is 20.5. The largest absolute Gasteiger partial charge is 0.276 e. The molecule has 0 unspecified atom stereocenters. The van der Waals surface area contributed by atoms with Crippen molar-refractivity contribution in [3.05, 3.63) is 93.4 Å². The number of carbonyl (C=O) groups is 1. The number of aryl methyl sites for hydroxylation is 1. The molecule has 0 aliphatic carbocycles. The van der Waals surface area contributed by atoms with Crippen LogP contribution in [0.2, 0.25) is 0 Å². The molecule has 2 aromatic carbocycles. The number of hydrogen-bond acceptors (Lipinski definition) is 3. The summed E-state index contributed by atoms with van der Waals surface area (Å²) in [5, 5.41) is 9.58. The predicted octanol–water partition coefficient (Wildman–Crippen LogP) is 4.68. The summed E-state index contributed by atoms with van der Waals surface area (Å²) in [6, 6.07) is 20.2. The zero-order valence-electron chi connectivity index (χ0n) is 16.5. The van der Waals surface area contributed by atoms with Gasteiger partial charge in [-0.2, -0.15) is 5.26 Å². The van der Waals surface area contributed by atoms with Gasteiger partial charge in [-0.05, 0) is 41.7 Å². The van der Waals surface area contributed by atoms with E-state index in [4.69, 9.17) is 0 Å². The van der Waals surface area contributed by atoms with Crippen molar-refractivity contribution in [1.82, 2.24) is 4.57 Å². The van der Waals surface area contributed by atoms with Crippen molar-refractivity contribution in [2.24, 2.45) is 0 Å². The normalized spacial score (nSPS) is 11.1. The molecule has 28 heavy (non-hydrogen) atoms. The van der Waals surface area contributed by atoms with E-state index in [9.17, 15) is 14.9 Å². The van der Waals surface area contributed by atoms with E-state index in [0.717, 1.165) is 15.7 Å². The van der Waals surface area contributed by atoms with Crippen LogP contribution < -0.4 is 5.56 Å². The summed E-state index contributed by atoms with van der Waals surface area (Å²) in [6.07, 6.45) is 0. The molecule has 3 rings (SSSR count). The van der Waals surface area contributed by atoms with Crippen LogP contribution >= 0.6 is 0 Å². The monoisotopic (exact) mass is 370 g/mol. The number of benzene rings is 2. The topological polar surface area (TPSA) is 62.9 Å². The Kier molecular flexibility index (Phi) is 5.02. The third kappa shape index (κ3) is 3.52. The molecule has 0 N–H and O–H groups in total. The van der Waals surface area contributed by atoms with E-state index in [1.165, 1.54) is 0 Å². The Bertz CT molecular complexity index is 1130. The minimum atomic E-state index is -0.591. The molecular weight excluding hydrogens is 348 g/mol. The molecule has 140 valence electrons. The highest BCUT2D eigenvalue weighted by molar-refractivity contribution is 5.96. The summed E-state index contributed by atoms with van der Waals surface area (Å²) in [5.41, 5.74) is 2.67. The number of carbonyl (C=O) groups excluding carboxylic acids is 1. The van der Waals surface area contributed by atoms with Gasteiger partial charge < -0.3 is 0 Å². The van der Waals surface area contributed by atoms with E-state index in [1.807, 2.05) is 48.5 Å². The molecule has 4 heteroatoms. The lowest BCUT2D eigenvalue weighted by Gasteiger charge is -2.19. The third-order valence-corrected chi connectivity index (χ3v) is 4.79. The van der Waals surface area contributed by atoms with Crippen molar-refractivity contribution in [2.45, 2.75) is 33.1 Å². The molecule has 0 aliphatic rings. The van der Waals surface area contributed by atoms with Crippen molar-refractivity contribution in [3.63, 3.8) is 0 Å². The lowest BCUT2D eigenvalue weighted by molar-refractivity contribution is 0.0953. The van der Waals surface area contributed by atoms with Gasteiger partial charge in [0, 0.05) is 16.8 Å². The third-order valence-electron chi connectivity index (χ3n) is 4.79. The van der Waals surface area contributed by atoms with Crippen LogP contribution in [-0.2, 0) is 5.41 Å². The Hall–Kier alpha value is -3.45. The van der Waals surface area contributed by atoms with Gasteiger partial charge in [0.15, 0.2) is 0 Å². The summed E-state index contributed by atoms with van der Waals surface area (Å²) < 4.78 is 1.08. The highest BCUT2D eigenvalue weighted by Crippen LogP contribution is 2.24. The van der Waals surface area contributed by atoms with Gasteiger partial charge in [0.25, 0.3) is 11.5 Å². The molecule has 0 saturated carbocycles. The summed E-state index contributed by atoms with van der Waals surface area (Å²) >= 11 is 0. The molecule has 0 bridgehead atoms. The predicted molar refractivity (Wildman–Crippen MR) is 110 cm³/mol. The first-order chi connectivity index (χ1) is 13.2. The molecule has 0 atom stereocenters. The average Bonchev–Trinajstić information content (AvgIpc) is 2.67. The van der Waals surface area contributed by atoms with Crippen LogP contribution in [0.3, 0.4) is 0 Å². The number of pyridine rings is 1. The van der Waals surface area contributed by atoms with Crippen LogP contribution in [0.25, 0.3) is 11.1 Å². The second-order valence-corrected chi connectivity index (χ2v) is 7.83. The van der Waals surface area contributed by atoms with E-state index >= 15 is 0 Å². The SMILES string of the molecule is Cc1cc(-c2ccccc2)c(C#N)c(=O)n1C(=O)c1ccc(C(C)(C)C)cc1. The highest BCUT2D eigenvalue weighted by Gasteiger charge is 2.20. The van der Waals surface area contributed by atoms with E-state index in [1.54, 1.807) is 25.1 Å². The number of nitrogens with zero attached hydrogens (tertiary/aromatic N) is 2. The first-order valence-electron chi connectivity index (χ1n) is 9.11. The molecule has 3 aromatic rings. The van der Waals surface area contributed by atoms with Gasteiger partial charge in [0.05, 0.1) is 0 Å². The molecular formula is C24H22N2O2. The van der Waals surface area contributed by atoms with Crippen LogP contribution in [0.5, 0.6) is 0 Å². The van der Waals surface area contributed by atoms with Gasteiger partial charge in [0.2, 0.25) is 0 Å². The van der Waals surface area contributed by atoms with Gasteiger partial charge in [-0.3, -0.25) is 9.59 Å². The van der Waals surface area contributed by atoms with Crippen LogP contribution in [0.1, 0.15) is 48.0 Å². The number of hydrogen-bond donors (Lipinski definition) is 0. The standard InChI is InChI=1S/C24H22N2O2/c1-16-14-20(17-8-6-5-7-9-17)21(15-25)23(28)26(16)22(27)18-10-12-19(13-11-18)24(2,3)4/h5-14H,1-4H3. The van der Waals surface area contributed by atoms with Gasteiger partial charge in [-0.15, -0.1) is 0 Å². The van der Waals surface area contributed by atoms with Crippen molar-refractivity contribution in [3.8, 4) is 17.2 Å². The lowest BCUT2D eigenvalue weighted by Crippen LogP contribution is -2.31. The van der Waals surface area contributed by atoms with Gasteiger partial charge in [0.1, 0.15) is 11.6 Å². The van der Waals surface area contributed by atoms with E-state index < -0.39 is 11.5 Å². The van der Waals surface area contributed by atoms with Crippen LogP contribution in [-0.4, -0.2) is 10.5 Å². The second kappa shape index (κ2) is 7.28. The fraction of sp³-hybridized carbons (Fsp3) is 0.208. The zero-order valence-corrected chi connectivity index (χ0v) is 16.5. The van der Waals surface area contributed by atoms with Crippen LogP contribution in [0.4, 0.5) is 0 Å². The Morgan fingerprint density at radius 2 is 1.61 bits per heavy atom. The summed E-state index contributed by atoms with van der Waals surface area (Å²) in [7, 11) is 0. The summed E-state index contributed by atoms with van der Waals surface area (Å²) in [5.74, 6) is -0.431. The molecule has 0 saturated heterocycles. The maximum atomic E-state index is 13.0. The molecule has 0 aliphatic heterocycles. The molecule has 0 radical (unpaired) electrons. The van der Waals surface area contributed by atoms with Gasteiger partial charge in [-0.1, -0.05) is 63.2 Å². The van der Waals surface area contributed by atoms with Crippen LogP contribution in [0.15, 0.2) is 65.5 Å². The van der Waals surface area contributed by atoms with Crippen molar-refractivity contribution < 1.29 is 4.79 Å².